The molecule has 2 aromatic carbocycles. The molecule has 4 aromatic rings. The van der Waals surface area contributed by atoms with Gasteiger partial charge in [-0.25, -0.2) is 4.68 Å². The quantitative estimate of drug-likeness (QED) is 0.335. The van der Waals surface area contributed by atoms with Crippen LogP contribution in [0.1, 0.15) is 27.2 Å². The molecule has 0 spiro atoms. The van der Waals surface area contributed by atoms with Gasteiger partial charge in [-0.05, 0) is 43.7 Å². The Hall–Kier alpha value is -3.00. The van der Waals surface area contributed by atoms with Gasteiger partial charge in [0, 0.05) is 28.0 Å². The van der Waals surface area contributed by atoms with Crippen molar-refractivity contribution in [2.75, 3.05) is 5.32 Å². The first-order valence-corrected chi connectivity index (χ1v) is 11.1. The number of nitrogens with zero attached hydrogens (tertiary/aromatic N) is 4. The summed E-state index contributed by atoms with van der Waals surface area (Å²) in [5.74, 6) is 0.534. The lowest BCUT2D eigenvalue weighted by Gasteiger charge is -2.09. The van der Waals surface area contributed by atoms with Crippen LogP contribution >= 0.6 is 34.8 Å². The van der Waals surface area contributed by atoms with Crippen LogP contribution < -0.4 is 10.1 Å². The maximum atomic E-state index is 12.6. The fraction of sp³-hybridized carbons (Fsp3) is 0.174. The molecule has 1 N–H and O–H groups in total. The van der Waals surface area contributed by atoms with Crippen molar-refractivity contribution in [1.29, 1.82) is 0 Å². The van der Waals surface area contributed by atoms with Crippen LogP contribution in [-0.2, 0) is 13.3 Å². The zero-order valence-corrected chi connectivity index (χ0v) is 20.1. The average Bonchev–Trinajstić information content (AvgIpc) is 3.37. The number of benzene rings is 2. The summed E-state index contributed by atoms with van der Waals surface area (Å²) in [6.07, 6.45) is 3.26. The van der Waals surface area contributed by atoms with E-state index in [4.69, 9.17) is 39.5 Å². The highest BCUT2D eigenvalue weighted by Gasteiger charge is 2.16. The third kappa shape index (κ3) is 5.50. The molecule has 10 heteroatoms. The van der Waals surface area contributed by atoms with Gasteiger partial charge in [0.25, 0.3) is 5.91 Å². The number of aromatic nitrogens is 4. The third-order valence-corrected chi connectivity index (χ3v) is 5.87. The van der Waals surface area contributed by atoms with Gasteiger partial charge >= 0.3 is 0 Å². The Morgan fingerprint density at radius 3 is 2.48 bits per heavy atom. The van der Waals surface area contributed by atoms with Crippen LogP contribution in [0.2, 0.25) is 15.1 Å². The van der Waals surface area contributed by atoms with Crippen molar-refractivity contribution in [3.05, 3.63) is 92.3 Å². The van der Waals surface area contributed by atoms with Crippen molar-refractivity contribution in [2.45, 2.75) is 27.1 Å². The second kappa shape index (κ2) is 9.87. The zero-order valence-electron chi connectivity index (χ0n) is 17.8. The molecule has 2 aromatic heterocycles. The molecule has 0 unspecified atom stereocenters. The molecule has 0 aliphatic carbocycles. The number of anilines is 1. The lowest BCUT2D eigenvalue weighted by atomic mass is 10.1. The van der Waals surface area contributed by atoms with Gasteiger partial charge in [0.2, 0.25) is 0 Å². The van der Waals surface area contributed by atoms with Crippen molar-refractivity contribution >= 4 is 46.5 Å². The Balaban J connectivity index is 1.40. The highest BCUT2D eigenvalue weighted by atomic mass is 35.5. The molecule has 2 heterocycles. The number of carbonyl (C=O) groups is 1. The first kappa shape index (κ1) is 23.2. The average molecular weight is 505 g/mol. The van der Waals surface area contributed by atoms with Crippen LogP contribution in [0.25, 0.3) is 0 Å². The van der Waals surface area contributed by atoms with Gasteiger partial charge in [-0.3, -0.25) is 9.48 Å². The van der Waals surface area contributed by atoms with E-state index in [0.29, 0.717) is 22.2 Å². The van der Waals surface area contributed by atoms with Gasteiger partial charge in [0.05, 0.1) is 6.54 Å². The number of ether oxygens (including phenoxy) is 1. The minimum atomic E-state index is -0.441. The monoisotopic (exact) mass is 503 g/mol. The molecule has 1 amide bonds. The number of halogens is 3. The molecule has 7 nitrogen and oxygen atoms in total. The fourth-order valence-electron chi connectivity index (χ4n) is 3.23. The van der Waals surface area contributed by atoms with Crippen LogP contribution in [0, 0.1) is 13.8 Å². The largest absolute Gasteiger partial charge is 0.471 e. The number of rotatable bonds is 7. The van der Waals surface area contributed by atoms with E-state index in [9.17, 15) is 4.79 Å². The Kier molecular flexibility index (Phi) is 6.93. The summed E-state index contributed by atoms with van der Waals surface area (Å²) in [4.78, 5) is 12.6. The van der Waals surface area contributed by atoms with Crippen LogP contribution in [0.5, 0.6) is 5.75 Å². The molecule has 33 heavy (non-hydrogen) atoms. The third-order valence-electron chi connectivity index (χ3n) is 4.89. The van der Waals surface area contributed by atoms with E-state index < -0.39 is 5.91 Å². The van der Waals surface area contributed by atoms with Crippen molar-refractivity contribution < 1.29 is 9.53 Å². The normalized spacial score (nSPS) is 10.9. The van der Waals surface area contributed by atoms with Crippen molar-refractivity contribution in [3.8, 4) is 5.75 Å². The van der Waals surface area contributed by atoms with Gasteiger partial charge in [0.15, 0.2) is 18.2 Å². The number of carbonyl (C=O) groups excluding carboxylic acids is 1. The first-order valence-electron chi connectivity index (χ1n) is 10.0. The predicted octanol–water partition coefficient (Wildman–Crippen LogP) is 5.99. The molecule has 170 valence electrons. The summed E-state index contributed by atoms with van der Waals surface area (Å²) in [5, 5.41) is 12.6. The lowest BCUT2D eigenvalue weighted by molar-refractivity contribution is 0.101. The van der Waals surface area contributed by atoms with Gasteiger partial charge in [-0.1, -0.05) is 58.6 Å². The number of amides is 1. The number of aryl methyl sites for hydroxylation is 2. The van der Waals surface area contributed by atoms with Gasteiger partial charge in [-0.15, -0.1) is 0 Å². The van der Waals surface area contributed by atoms with E-state index in [1.54, 1.807) is 41.3 Å². The Labute approximate surface area is 205 Å². The van der Waals surface area contributed by atoms with E-state index in [1.807, 2.05) is 32.0 Å². The molecule has 0 saturated carbocycles. The molecule has 0 atom stereocenters. The molecule has 0 bridgehead atoms. The molecule has 0 aliphatic heterocycles. The predicted molar refractivity (Wildman–Crippen MR) is 130 cm³/mol. The van der Waals surface area contributed by atoms with Crippen LogP contribution in [0.3, 0.4) is 0 Å². The second-order valence-corrected chi connectivity index (χ2v) is 8.68. The Morgan fingerprint density at radius 1 is 1.00 bits per heavy atom. The number of hydrogen-bond acceptors (Lipinski definition) is 4. The number of hydrogen-bond donors (Lipinski definition) is 1. The van der Waals surface area contributed by atoms with Crippen LogP contribution in [0.4, 0.5) is 5.82 Å². The molecular weight excluding hydrogens is 485 g/mol. The maximum absolute atomic E-state index is 12.6. The molecule has 4 rings (SSSR count). The van der Waals surface area contributed by atoms with E-state index in [1.165, 1.54) is 4.68 Å². The Bertz CT molecular complexity index is 1300. The fourth-order valence-corrected chi connectivity index (χ4v) is 3.95. The molecule has 0 fully saturated rings. The van der Waals surface area contributed by atoms with Crippen LogP contribution in [0.15, 0.2) is 54.9 Å². The van der Waals surface area contributed by atoms with E-state index >= 15 is 0 Å². The SMILES string of the molecule is Cc1ccc(OCn2ccc(C(=O)Nc3nn(Cc4c(Cl)cccc4Cl)cc3Cl)n2)c(C)c1. The smallest absolute Gasteiger partial charge is 0.277 e. The summed E-state index contributed by atoms with van der Waals surface area (Å²) in [5.41, 5.74) is 3.11. The highest BCUT2D eigenvalue weighted by Crippen LogP contribution is 2.27. The molecular formula is C23H20Cl3N5O2. The lowest BCUT2D eigenvalue weighted by Crippen LogP contribution is -2.15. The number of nitrogens with one attached hydrogen (secondary N) is 1. The second-order valence-electron chi connectivity index (χ2n) is 7.46. The topological polar surface area (TPSA) is 74.0 Å². The molecule has 0 radical (unpaired) electrons. The van der Waals surface area contributed by atoms with E-state index in [2.05, 4.69) is 15.5 Å². The van der Waals surface area contributed by atoms with E-state index in [0.717, 1.165) is 16.9 Å². The van der Waals surface area contributed by atoms with Gasteiger partial charge < -0.3 is 10.1 Å². The molecule has 0 aliphatic rings. The standard InChI is InChI=1S/C23H20Cl3N5O2/c1-14-6-7-21(15(2)10-14)33-13-30-9-8-20(28-30)23(32)27-22-19(26)12-31(29-22)11-16-17(24)4-3-5-18(16)25/h3-10,12H,11,13H2,1-2H3,(H,27,29,32). The van der Waals surface area contributed by atoms with Crippen molar-refractivity contribution in [1.82, 2.24) is 19.6 Å². The van der Waals surface area contributed by atoms with Crippen molar-refractivity contribution in [2.24, 2.45) is 0 Å². The summed E-state index contributed by atoms with van der Waals surface area (Å²) in [7, 11) is 0. The Morgan fingerprint density at radius 2 is 1.76 bits per heavy atom. The summed E-state index contributed by atoms with van der Waals surface area (Å²) < 4.78 is 8.89. The molecule has 0 saturated heterocycles. The minimum Gasteiger partial charge on any atom is -0.471 e. The van der Waals surface area contributed by atoms with Gasteiger partial charge in [-0.2, -0.15) is 10.2 Å². The van der Waals surface area contributed by atoms with Crippen molar-refractivity contribution in [3.63, 3.8) is 0 Å². The highest BCUT2D eigenvalue weighted by molar-refractivity contribution is 6.36. The van der Waals surface area contributed by atoms with Crippen LogP contribution in [-0.4, -0.2) is 25.5 Å². The van der Waals surface area contributed by atoms with E-state index in [-0.39, 0.29) is 23.3 Å². The maximum Gasteiger partial charge on any atom is 0.277 e. The summed E-state index contributed by atoms with van der Waals surface area (Å²) in [6, 6.07) is 12.8. The first-order chi connectivity index (χ1) is 15.8. The van der Waals surface area contributed by atoms with Gasteiger partial charge in [0.1, 0.15) is 10.8 Å². The summed E-state index contributed by atoms with van der Waals surface area (Å²) >= 11 is 18.7. The summed E-state index contributed by atoms with van der Waals surface area (Å²) in [6.45, 7) is 4.48. The zero-order chi connectivity index (χ0) is 23.5. The minimum absolute atomic E-state index is 0.172.